The van der Waals surface area contributed by atoms with E-state index in [0.29, 0.717) is 28.9 Å². The van der Waals surface area contributed by atoms with Crippen molar-refractivity contribution in [1.29, 1.82) is 0 Å². The third-order valence-electron chi connectivity index (χ3n) is 9.13. The maximum atomic E-state index is 13.5. The molecule has 16 nitrogen and oxygen atoms in total. The van der Waals surface area contributed by atoms with Gasteiger partial charge >= 0.3 is 0 Å². The third kappa shape index (κ3) is 5.08. The zero-order valence-corrected chi connectivity index (χ0v) is 26.0. The van der Waals surface area contributed by atoms with Crippen LogP contribution in [0.25, 0.3) is 0 Å². The SMILES string of the molecule is O=C1C2ON=C(c3cccc([N+](=O)[O-])c3)C2C(=O)N1c1ccc(Cc2ccc(N3C(=O)C4ON=C(c5cccc([N+](=O)[O-])c5)C4C3=O)cc2)cc1. The van der Waals surface area contributed by atoms with E-state index in [1.54, 1.807) is 60.7 Å². The van der Waals surface area contributed by atoms with Crippen molar-refractivity contribution in [3.05, 3.63) is 140 Å². The number of anilines is 2. The van der Waals surface area contributed by atoms with Crippen LogP contribution in [0.2, 0.25) is 0 Å². The Balaban J connectivity index is 0.947. The van der Waals surface area contributed by atoms with Crippen molar-refractivity contribution in [3.8, 4) is 0 Å². The predicted octanol–water partition coefficient (Wildman–Crippen LogP) is 3.68. The highest BCUT2D eigenvalue weighted by Gasteiger charge is 2.57. The van der Waals surface area contributed by atoms with E-state index in [9.17, 15) is 39.4 Å². The Hall–Kier alpha value is -7.10. The number of non-ortho nitro benzene ring substituents is 2. The number of nitrogens with zero attached hydrogens (tertiary/aromatic N) is 6. The highest BCUT2D eigenvalue weighted by atomic mass is 16.7. The number of oxime groups is 2. The second kappa shape index (κ2) is 11.8. The van der Waals surface area contributed by atoms with Crippen molar-refractivity contribution < 1.29 is 38.7 Å². The molecule has 0 N–H and O–H groups in total. The lowest BCUT2D eigenvalue weighted by Crippen LogP contribution is -2.33. The highest BCUT2D eigenvalue weighted by Crippen LogP contribution is 2.37. The summed E-state index contributed by atoms with van der Waals surface area (Å²) in [4.78, 5) is 87.5. The first-order valence-electron chi connectivity index (χ1n) is 15.5. The summed E-state index contributed by atoms with van der Waals surface area (Å²) in [6.45, 7) is 0. The minimum absolute atomic E-state index is 0.147. The third-order valence-corrected chi connectivity index (χ3v) is 9.13. The van der Waals surface area contributed by atoms with Gasteiger partial charge in [0.1, 0.15) is 23.3 Å². The van der Waals surface area contributed by atoms with Crippen LogP contribution in [0.5, 0.6) is 0 Å². The van der Waals surface area contributed by atoms with E-state index in [-0.39, 0.29) is 22.8 Å². The van der Waals surface area contributed by atoms with Crippen molar-refractivity contribution in [1.82, 2.24) is 0 Å². The Morgan fingerprint density at radius 1 is 0.569 bits per heavy atom. The molecule has 0 aromatic heterocycles. The summed E-state index contributed by atoms with van der Waals surface area (Å²) in [5.41, 5.74) is 2.89. The van der Waals surface area contributed by atoms with Crippen molar-refractivity contribution in [2.45, 2.75) is 18.6 Å². The predicted molar refractivity (Wildman–Crippen MR) is 177 cm³/mol. The van der Waals surface area contributed by atoms with Crippen LogP contribution in [0.4, 0.5) is 22.7 Å². The first kappa shape index (κ1) is 31.2. The molecule has 0 aliphatic carbocycles. The van der Waals surface area contributed by atoms with Gasteiger partial charge in [0.25, 0.3) is 23.2 Å². The minimum atomic E-state index is -1.18. The van der Waals surface area contributed by atoms with Crippen LogP contribution >= 0.6 is 0 Å². The lowest BCUT2D eigenvalue weighted by Gasteiger charge is -2.17. The molecule has 4 aliphatic heterocycles. The molecule has 0 bridgehead atoms. The van der Waals surface area contributed by atoms with Gasteiger partial charge in [-0.25, -0.2) is 9.80 Å². The number of nitro groups is 2. The molecule has 4 atom stereocenters. The van der Waals surface area contributed by atoms with Crippen molar-refractivity contribution in [3.63, 3.8) is 0 Å². The quantitative estimate of drug-likeness (QED) is 0.149. The van der Waals surface area contributed by atoms with Gasteiger partial charge in [-0.3, -0.25) is 39.4 Å². The van der Waals surface area contributed by atoms with Gasteiger partial charge in [-0.1, -0.05) is 58.8 Å². The van der Waals surface area contributed by atoms with Crippen LogP contribution in [-0.4, -0.2) is 57.1 Å². The van der Waals surface area contributed by atoms with Gasteiger partial charge in [-0.2, -0.15) is 0 Å². The molecule has 4 aromatic carbocycles. The Morgan fingerprint density at radius 3 is 1.33 bits per heavy atom. The Bertz CT molecular complexity index is 2110. The number of hydrogen-bond donors (Lipinski definition) is 0. The molecule has 4 aromatic rings. The van der Waals surface area contributed by atoms with Crippen molar-refractivity contribution in [2.24, 2.45) is 22.1 Å². The first-order valence-corrected chi connectivity index (χ1v) is 15.5. The number of rotatable bonds is 8. The average molecular weight is 687 g/mol. The molecular formula is C35H22N6O10. The number of carbonyl (C=O) groups is 4. The van der Waals surface area contributed by atoms with Gasteiger partial charge in [-0.15, -0.1) is 0 Å². The van der Waals surface area contributed by atoms with Crippen LogP contribution in [0.1, 0.15) is 22.3 Å². The number of hydrogen-bond acceptors (Lipinski definition) is 12. The molecule has 2 fully saturated rings. The number of fused-ring (bicyclic) bond motifs is 2. The van der Waals surface area contributed by atoms with E-state index in [0.717, 1.165) is 20.9 Å². The van der Waals surface area contributed by atoms with E-state index in [1.165, 1.54) is 36.4 Å². The van der Waals surface area contributed by atoms with Crippen molar-refractivity contribution >= 4 is 57.8 Å². The van der Waals surface area contributed by atoms with Gasteiger partial charge in [0.05, 0.1) is 21.2 Å². The van der Waals surface area contributed by atoms with Gasteiger partial charge in [0.15, 0.2) is 0 Å². The highest BCUT2D eigenvalue weighted by molar-refractivity contribution is 6.33. The minimum Gasteiger partial charge on any atom is -0.381 e. The average Bonchev–Trinajstić information content (AvgIpc) is 3.89. The van der Waals surface area contributed by atoms with E-state index in [4.69, 9.17) is 9.68 Å². The summed E-state index contributed by atoms with van der Waals surface area (Å²) in [6, 6.07) is 24.8. The van der Waals surface area contributed by atoms with Gasteiger partial charge in [0, 0.05) is 35.4 Å². The van der Waals surface area contributed by atoms with Crippen LogP contribution in [0.15, 0.2) is 107 Å². The van der Waals surface area contributed by atoms with E-state index in [1.807, 2.05) is 0 Å². The van der Waals surface area contributed by atoms with Crippen LogP contribution in [0.3, 0.4) is 0 Å². The van der Waals surface area contributed by atoms with Crippen molar-refractivity contribution in [2.75, 3.05) is 9.80 Å². The lowest BCUT2D eigenvalue weighted by molar-refractivity contribution is -0.385. The number of amides is 4. The summed E-state index contributed by atoms with van der Waals surface area (Å²) in [6.07, 6.45) is -1.91. The Labute approximate surface area is 286 Å². The molecule has 4 heterocycles. The molecule has 4 unspecified atom stereocenters. The van der Waals surface area contributed by atoms with Crippen LogP contribution < -0.4 is 9.80 Å². The Kier molecular flexibility index (Phi) is 7.21. The van der Waals surface area contributed by atoms with Crippen LogP contribution in [0, 0.1) is 32.1 Å². The number of nitro benzene ring substituents is 2. The summed E-state index contributed by atoms with van der Waals surface area (Å²) < 4.78 is 0. The molecule has 16 heteroatoms. The summed E-state index contributed by atoms with van der Waals surface area (Å²) >= 11 is 0. The van der Waals surface area contributed by atoms with Gasteiger partial charge < -0.3 is 9.68 Å². The fourth-order valence-electron chi connectivity index (χ4n) is 6.66. The van der Waals surface area contributed by atoms with Gasteiger partial charge in [-0.05, 0) is 41.8 Å². The molecule has 252 valence electrons. The molecule has 0 radical (unpaired) electrons. The van der Waals surface area contributed by atoms with Crippen LogP contribution in [-0.2, 0) is 35.3 Å². The van der Waals surface area contributed by atoms with E-state index >= 15 is 0 Å². The normalized spacial score (nSPS) is 22.0. The molecule has 4 aliphatic rings. The lowest BCUT2D eigenvalue weighted by atomic mass is 9.94. The summed E-state index contributed by atoms with van der Waals surface area (Å²) in [5.74, 6) is -4.39. The fourth-order valence-corrected chi connectivity index (χ4v) is 6.66. The second-order valence-electron chi connectivity index (χ2n) is 12.1. The molecule has 0 saturated carbocycles. The number of carbonyl (C=O) groups excluding carboxylic acids is 4. The maximum absolute atomic E-state index is 13.5. The van der Waals surface area contributed by atoms with Gasteiger partial charge in [0.2, 0.25) is 24.0 Å². The standard InChI is InChI=1S/C35H22N6O10/c42-32-26-28(20-3-1-5-24(16-20)40(46)47)36-50-30(26)34(44)38(32)22-11-7-18(8-12-22)15-19-9-13-23(14-10-19)39-33(43)27-29(37-51-31(27)35(39)45)21-4-2-6-25(17-21)41(48)49/h1-14,16-17,26-27,30-31H,15H2. The van der Waals surface area contributed by atoms with E-state index < -0.39 is 57.5 Å². The molecule has 51 heavy (non-hydrogen) atoms. The maximum Gasteiger partial charge on any atom is 0.278 e. The fraction of sp³-hybridized carbons (Fsp3) is 0.143. The monoisotopic (exact) mass is 686 g/mol. The smallest absolute Gasteiger partial charge is 0.278 e. The number of benzene rings is 4. The van der Waals surface area contributed by atoms with E-state index in [2.05, 4.69) is 10.3 Å². The molecule has 4 amide bonds. The summed E-state index contributed by atoms with van der Waals surface area (Å²) in [7, 11) is 0. The molecule has 8 rings (SSSR count). The molecule has 0 spiro atoms. The topological polar surface area (TPSA) is 204 Å². The molecule has 2 saturated heterocycles. The molecular weight excluding hydrogens is 664 g/mol. The largest absolute Gasteiger partial charge is 0.381 e. The first-order chi connectivity index (χ1) is 24.6. The summed E-state index contributed by atoms with van der Waals surface area (Å²) in [5, 5.41) is 30.3. The zero-order chi connectivity index (χ0) is 35.6. The zero-order valence-electron chi connectivity index (χ0n) is 26.0. The second-order valence-corrected chi connectivity index (χ2v) is 12.1. The number of imide groups is 2. The Morgan fingerprint density at radius 2 is 0.961 bits per heavy atom.